The number of carbonyl (C=O) groups excluding carboxylic acids is 2. The van der Waals surface area contributed by atoms with E-state index >= 15 is 0 Å². The molecule has 0 unspecified atom stereocenters. The number of hydrogen-bond acceptors (Lipinski definition) is 2. The first-order valence-electron chi connectivity index (χ1n) is 3.29. The van der Waals surface area contributed by atoms with Gasteiger partial charge in [-0.1, -0.05) is 0 Å². The van der Waals surface area contributed by atoms with Gasteiger partial charge in [0.1, 0.15) is 0 Å². The van der Waals surface area contributed by atoms with Crippen LogP contribution < -0.4 is 0 Å². The van der Waals surface area contributed by atoms with E-state index in [1.54, 1.807) is 14.1 Å². The second-order valence-corrected chi connectivity index (χ2v) is 2.55. The zero-order chi connectivity index (χ0) is 8.43. The lowest BCUT2D eigenvalue weighted by Crippen LogP contribution is -2.36. The van der Waals surface area contributed by atoms with Crippen LogP contribution in [-0.2, 0) is 9.59 Å². The van der Waals surface area contributed by atoms with Gasteiger partial charge in [-0.25, -0.2) is 0 Å². The minimum atomic E-state index is -0.136. The van der Waals surface area contributed by atoms with Crippen molar-refractivity contribution >= 4 is 11.8 Å². The Morgan fingerprint density at radius 1 is 1.09 bits per heavy atom. The monoisotopic (exact) mass is 154 g/mol. The van der Waals surface area contributed by atoms with Crippen molar-refractivity contribution in [1.29, 1.82) is 0 Å². The number of carbonyl (C=O) groups is 2. The summed E-state index contributed by atoms with van der Waals surface area (Å²) in [6.45, 7) is 0.352. The third-order valence-electron chi connectivity index (χ3n) is 1.55. The summed E-state index contributed by atoms with van der Waals surface area (Å²) in [5.41, 5.74) is 0. The number of nitrogens with zero attached hydrogens (tertiary/aromatic N) is 2. The smallest absolute Gasteiger partial charge is 0.247 e. The Bertz CT molecular complexity index is 200. The maximum Gasteiger partial charge on any atom is 0.247 e. The van der Waals surface area contributed by atoms with Gasteiger partial charge in [0.15, 0.2) is 0 Å². The van der Waals surface area contributed by atoms with Crippen LogP contribution in [0.2, 0.25) is 0 Å². The maximum absolute atomic E-state index is 11.0. The van der Waals surface area contributed by atoms with Crippen molar-refractivity contribution < 1.29 is 9.59 Å². The third kappa shape index (κ3) is 1.58. The summed E-state index contributed by atoms with van der Waals surface area (Å²) in [4.78, 5) is 24.9. The molecule has 0 aromatic rings. The Hall–Kier alpha value is -1.32. The molecule has 1 heterocycles. The van der Waals surface area contributed by atoms with Crippen LogP contribution >= 0.6 is 0 Å². The summed E-state index contributed by atoms with van der Waals surface area (Å²) in [7, 11) is 3.31. The molecular formula is C7H10N2O2. The fourth-order valence-corrected chi connectivity index (χ4v) is 0.855. The van der Waals surface area contributed by atoms with Crippen molar-refractivity contribution in [3.8, 4) is 0 Å². The van der Waals surface area contributed by atoms with Crippen LogP contribution in [0, 0.1) is 0 Å². The fourth-order valence-electron chi connectivity index (χ4n) is 0.855. The number of hydrogen-bond donors (Lipinski definition) is 0. The molecule has 4 nitrogen and oxygen atoms in total. The molecule has 0 saturated carbocycles. The van der Waals surface area contributed by atoms with Gasteiger partial charge in [0, 0.05) is 26.2 Å². The molecule has 0 N–H and O–H groups in total. The van der Waals surface area contributed by atoms with Crippen molar-refractivity contribution in [3.05, 3.63) is 12.2 Å². The molecule has 0 aromatic heterocycles. The van der Waals surface area contributed by atoms with Gasteiger partial charge in [-0.05, 0) is 0 Å². The van der Waals surface area contributed by atoms with Crippen molar-refractivity contribution in [3.63, 3.8) is 0 Å². The summed E-state index contributed by atoms with van der Waals surface area (Å²) in [6.07, 6.45) is 2.57. The lowest BCUT2D eigenvalue weighted by molar-refractivity contribution is -0.129. The zero-order valence-electron chi connectivity index (χ0n) is 6.57. The molecule has 0 saturated heterocycles. The van der Waals surface area contributed by atoms with Crippen molar-refractivity contribution in [2.75, 3.05) is 20.8 Å². The summed E-state index contributed by atoms with van der Waals surface area (Å²) < 4.78 is 0. The van der Waals surface area contributed by atoms with E-state index in [9.17, 15) is 9.59 Å². The van der Waals surface area contributed by atoms with E-state index in [0.717, 1.165) is 0 Å². The molecule has 0 spiro atoms. The van der Waals surface area contributed by atoms with Crippen LogP contribution in [0.5, 0.6) is 0 Å². The fraction of sp³-hybridized carbons (Fsp3) is 0.429. The van der Waals surface area contributed by atoms with E-state index in [0.29, 0.717) is 6.67 Å². The molecule has 0 bridgehead atoms. The lowest BCUT2D eigenvalue weighted by atomic mass is 10.4. The average Bonchev–Trinajstić information content (AvgIpc) is 2.05. The molecule has 11 heavy (non-hydrogen) atoms. The quantitative estimate of drug-likeness (QED) is 0.469. The van der Waals surface area contributed by atoms with Crippen molar-refractivity contribution in [1.82, 2.24) is 9.80 Å². The van der Waals surface area contributed by atoms with E-state index in [2.05, 4.69) is 0 Å². The van der Waals surface area contributed by atoms with E-state index in [1.165, 1.54) is 22.0 Å². The Morgan fingerprint density at radius 3 is 1.82 bits per heavy atom. The summed E-state index contributed by atoms with van der Waals surface area (Å²) in [6, 6.07) is 0. The summed E-state index contributed by atoms with van der Waals surface area (Å²) in [5.74, 6) is -0.273. The van der Waals surface area contributed by atoms with Gasteiger partial charge < -0.3 is 9.80 Å². The minimum absolute atomic E-state index is 0.136. The highest BCUT2D eigenvalue weighted by Gasteiger charge is 2.15. The van der Waals surface area contributed by atoms with E-state index in [-0.39, 0.29) is 11.8 Å². The summed E-state index contributed by atoms with van der Waals surface area (Å²) >= 11 is 0. The van der Waals surface area contributed by atoms with Crippen LogP contribution in [-0.4, -0.2) is 42.4 Å². The van der Waals surface area contributed by atoms with Gasteiger partial charge in [0.25, 0.3) is 0 Å². The Labute approximate surface area is 65.1 Å². The van der Waals surface area contributed by atoms with Crippen LogP contribution in [0.4, 0.5) is 0 Å². The second-order valence-electron chi connectivity index (χ2n) is 2.55. The third-order valence-corrected chi connectivity index (χ3v) is 1.55. The van der Waals surface area contributed by atoms with Crippen molar-refractivity contribution in [2.24, 2.45) is 0 Å². The SMILES string of the molecule is CN1CN(C)C(=O)C=CC1=O. The first-order valence-corrected chi connectivity index (χ1v) is 3.29. The highest BCUT2D eigenvalue weighted by Crippen LogP contribution is 1.97. The first-order chi connectivity index (χ1) is 5.11. The maximum atomic E-state index is 11.0. The predicted molar refractivity (Wildman–Crippen MR) is 39.5 cm³/mol. The van der Waals surface area contributed by atoms with Crippen LogP contribution in [0.3, 0.4) is 0 Å². The van der Waals surface area contributed by atoms with Gasteiger partial charge in [0.05, 0.1) is 6.67 Å². The Balaban J connectivity index is 2.80. The number of rotatable bonds is 0. The molecule has 0 aliphatic carbocycles. The normalized spacial score (nSPS) is 19.1. The molecule has 1 aliphatic heterocycles. The standard InChI is InChI=1S/C7H10N2O2/c1-8-5-9(2)7(11)4-3-6(8)10/h3-4H,5H2,1-2H3. The van der Waals surface area contributed by atoms with E-state index in [1.807, 2.05) is 0 Å². The number of likely N-dealkylation sites (N-methyl/N-ethyl adjacent to an activating group) is 2. The average molecular weight is 154 g/mol. The van der Waals surface area contributed by atoms with Gasteiger partial charge in [-0.15, -0.1) is 0 Å². The van der Waals surface area contributed by atoms with Gasteiger partial charge in [-0.2, -0.15) is 0 Å². The topological polar surface area (TPSA) is 40.6 Å². The predicted octanol–water partition coefficient (Wildman–Crippen LogP) is -0.570. The van der Waals surface area contributed by atoms with Crippen LogP contribution in [0.1, 0.15) is 0 Å². The molecular weight excluding hydrogens is 144 g/mol. The van der Waals surface area contributed by atoms with Gasteiger partial charge in [-0.3, -0.25) is 9.59 Å². The Kier molecular flexibility index (Phi) is 1.94. The molecule has 4 heteroatoms. The molecule has 0 atom stereocenters. The van der Waals surface area contributed by atoms with E-state index < -0.39 is 0 Å². The van der Waals surface area contributed by atoms with Crippen LogP contribution in [0.25, 0.3) is 0 Å². The zero-order valence-corrected chi connectivity index (χ0v) is 6.57. The first kappa shape index (κ1) is 7.78. The lowest BCUT2D eigenvalue weighted by Gasteiger charge is -2.19. The highest BCUT2D eigenvalue weighted by atomic mass is 16.2. The number of amides is 2. The largest absolute Gasteiger partial charge is 0.324 e. The molecule has 1 aliphatic rings. The second kappa shape index (κ2) is 2.74. The molecule has 1 rings (SSSR count). The molecule has 60 valence electrons. The molecule has 0 radical (unpaired) electrons. The molecule has 2 amide bonds. The van der Waals surface area contributed by atoms with Crippen LogP contribution in [0.15, 0.2) is 12.2 Å². The van der Waals surface area contributed by atoms with Gasteiger partial charge >= 0.3 is 0 Å². The highest BCUT2D eigenvalue weighted by molar-refractivity contribution is 5.98. The minimum Gasteiger partial charge on any atom is -0.324 e. The van der Waals surface area contributed by atoms with E-state index in [4.69, 9.17) is 0 Å². The van der Waals surface area contributed by atoms with Crippen molar-refractivity contribution in [2.45, 2.75) is 0 Å². The summed E-state index contributed by atoms with van der Waals surface area (Å²) in [5, 5.41) is 0. The van der Waals surface area contributed by atoms with Gasteiger partial charge in [0.2, 0.25) is 11.8 Å². The molecule has 0 fully saturated rings. The molecule has 0 aromatic carbocycles. The Morgan fingerprint density at radius 2 is 1.45 bits per heavy atom.